The summed E-state index contributed by atoms with van der Waals surface area (Å²) in [4.78, 5) is 24.9. The molecule has 1 aliphatic heterocycles. The Morgan fingerprint density at radius 3 is 2.90 bits per heavy atom. The first kappa shape index (κ1) is 21.1. The van der Waals surface area contributed by atoms with Crippen molar-refractivity contribution in [1.82, 2.24) is 20.3 Å². The fourth-order valence-corrected chi connectivity index (χ4v) is 4.51. The third kappa shape index (κ3) is 4.64. The van der Waals surface area contributed by atoms with Gasteiger partial charge < -0.3 is 20.5 Å². The molecule has 0 radical (unpaired) electrons. The van der Waals surface area contributed by atoms with E-state index in [-0.39, 0.29) is 24.2 Å². The molecule has 1 aromatic carbocycles. The van der Waals surface area contributed by atoms with Gasteiger partial charge in [0.1, 0.15) is 10.6 Å². The normalized spacial score (nSPS) is 18.9. The molecule has 1 atom stereocenters. The molecule has 4 rings (SSSR count). The second kappa shape index (κ2) is 8.56. The molecule has 1 unspecified atom stereocenters. The maximum Gasteiger partial charge on any atom is 0.255 e. The SMILES string of the molecule is COc1nc(Nc2cc(C)cc(-c3cnc(C4(O)CCNC(=O)CC4)s3)c2)ncc1F. The van der Waals surface area contributed by atoms with E-state index in [1.165, 1.54) is 18.4 Å². The summed E-state index contributed by atoms with van der Waals surface area (Å²) < 4.78 is 18.5. The average molecular weight is 444 g/mol. The molecule has 1 fully saturated rings. The molecule has 3 N–H and O–H groups in total. The second-order valence-electron chi connectivity index (χ2n) is 7.42. The number of thiazole rings is 1. The molecule has 2 aromatic heterocycles. The van der Waals surface area contributed by atoms with Crippen LogP contribution in [0.5, 0.6) is 5.88 Å². The molecular weight excluding hydrogens is 421 g/mol. The smallest absolute Gasteiger partial charge is 0.255 e. The number of rotatable bonds is 5. The molecular formula is C21H22FN5O3S. The number of nitrogens with one attached hydrogen (secondary N) is 2. The maximum atomic E-state index is 13.6. The molecule has 1 saturated heterocycles. The quantitative estimate of drug-likeness (QED) is 0.555. The first-order valence-electron chi connectivity index (χ1n) is 9.77. The van der Waals surface area contributed by atoms with Gasteiger partial charge in [-0.25, -0.2) is 9.97 Å². The Morgan fingerprint density at radius 2 is 2.10 bits per heavy atom. The topological polar surface area (TPSA) is 109 Å². The van der Waals surface area contributed by atoms with Crippen molar-refractivity contribution >= 4 is 28.9 Å². The van der Waals surface area contributed by atoms with Gasteiger partial charge in [-0.05, 0) is 36.6 Å². The van der Waals surface area contributed by atoms with Crippen LogP contribution in [0.3, 0.4) is 0 Å². The lowest BCUT2D eigenvalue weighted by atomic mass is 9.96. The predicted octanol–water partition coefficient (Wildman–Crippen LogP) is 3.29. The van der Waals surface area contributed by atoms with E-state index in [2.05, 4.69) is 25.6 Å². The van der Waals surface area contributed by atoms with Crippen LogP contribution in [0.1, 0.15) is 29.8 Å². The van der Waals surface area contributed by atoms with E-state index < -0.39 is 11.4 Å². The van der Waals surface area contributed by atoms with Crippen molar-refractivity contribution in [3.8, 4) is 16.3 Å². The summed E-state index contributed by atoms with van der Waals surface area (Å²) in [5.74, 6) is -0.614. The van der Waals surface area contributed by atoms with Gasteiger partial charge in [0.05, 0.1) is 18.2 Å². The van der Waals surface area contributed by atoms with E-state index in [0.29, 0.717) is 24.4 Å². The Labute approximate surface area is 182 Å². The monoisotopic (exact) mass is 443 g/mol. The van der Waals surface area contributed by atoms with Crippen molar-refractivity contribution in [2.45, 2.75) is 31.8 Å². The van der Waals surface area contributed by atoms with Gasteiger partial charge in [0.25, 0.3) is 5.88 Å². The molecule has 3 heterocycles. The number of nitrogens with zero attached hydrogens (tertiary/aromatic N) is 3. The highest BCUT2D eigenvalue weighted by atomic mass is 32.1. The van der Waals surface area contributed by atoms with E-state index in [0.717, 1.165) is 27.9 Å². The minimum absolute atomic E-state index is 0.0539. The highest BCUT2D eigenvalue weighted by Gasteiger charge is 2.35. The highest BCUT2D eigenvalue weighted by molar-refractivity contribution is 7.15. The van der Waals surface area contributed by atoms with E-state index in [9.17, 15) is 14.3 Å². The minimum atomic E-state index is -1.12. The molecule has 3 aromatic rings. The van der Waals surface area contributed by atoms with Crippen molar-refractivity contribution < 1.29 is 19.0 Å². The van der Waals surface area contributed by atoms with Crippen molar-refractivity contribution in [2.24, 2.45) is 0 Å². The lowest BCUT2D eigenvalue weighted by molar-refractivity contribution is -0.121. The number of benzene rings is 1. The number of anilines is 2. The lowest BCUT2D eigenvalue weighted by Crippen LogP contribution is -2.27. The Hall–Kier alpha value is -3.11. The molecule has 0 spiro atoms. The number of aromatic nitrogens is 3. The Morgan fingerprint density at radius 1 is 1.26 bits per heavy atom. The van der Waals surface area contributed by atoms with Crippen molar-refractivity contribution in [3.05, 3.63) is 47.0 Å². The predicted molar refractivity (Wildman–Crippen MR) is 115 cm³/mol. The molecule has 0 saturated carbocycles. The van der Waals surface area contributed by atoms with E-state index >= 15 is 0 Å². The molecule has 0 bridgehead atoms. The average Bonchev–Trinajstić information content (AvgIpc) is 3.18. The number of aliphatic hydroxyl groups is 1. The summed E-state index contributed by atoms with van der Waals surface area (Å²) in [6.45, 7) is 2.38. The zero-order valence-corrected chi connectivity index (χ0v) is 17.9. The van der Waals surface area contributed by atoms with Gasteiger partial charge in [-0.3, -0.25) is 4.79 Å². The summed E-state index contributed by atoms with van der Waals surface area (Å²) in [5.41, 5.74) is 1.51. The Kier molecular flexibility index (Phi) is 5.84. The summed E-state index contributed by atoms with van der Waals surface area (Å²) in [6, 6.07) is 5.84. The minimum Gasteiger partial charge on any atom is -0.479 e. The number of carbonyl (C=O) groups is 1. The van der Waals surface area contributed by atoms with Crippen molar-refractivity contribution in [2.75, 3.05) is 19.0 Å². The van der Waals surface area contributed by atoms with E-state index in [4.69, 9.17) is 4.74 Å². The van der Waals surface area contributed by atoms with Crippen LogP contribution in [0.15, 0.2) is 30.6 Å². The van der Waals surface area contributed by atoms with Gasteiger partial charge in [0.2, 0.25) is 17.7 Å². The van der Waals surface area contributed by atoms with Crippen LogP contribution in [0.25, 0.3) is 10.4 Å². The molecule has 8 nitrogen and oxygen atoms in total. The Balaban J connectivity index is 1.60. The summed E-state index contributed by atoms with van der Waals surface area (Å²) in [5, 5.41) is 17.5. The van der Waals surface area contributed by atoms with Gasteiger partial charge in [-0.15, -0.1) is 11.3 Å². The first-order chi connectivity index (χ1) is 14.9. The second-order valence-corrected chi connectivity index (χ2v) is 8.46. The van der Waals surface area contributed by atoms with E-state index in [1.807, 2.05) is 25.1 Å². The molecule has 0 aliphatic carbocycles. The van der Waals surface area contributed by atoms with Gasteiger partial charge in [-0.2, -0.15) is 9.37 Å². The number of hydrogen-bond donors (Lipinski definition) is 3. The summed E-state index contributed by atoms with van der Waals surface area (Å²) in [7, 11) is 1.34. The number of amides is 1. The zero-order valence-electron chi connectivity index (χ0n) is 17.1. The zero-order chi connectivity index (χ0) is 22.0. The van der Waals surface area contributed by atoms with Crippen LogP contribution in [0.4, 0.5) is 16.0 Å². The number of halogens is 1. The Bertz CT molecular complexity index is 1120. The standard InChI is InChI=1S/C21H22FN5O3S/c1-12-7-13(9-14(8-12)26-20-25-10-15(22)18(27-20)30-2)16-11-24-19(31-16)21(29)4-3-17(28)23-6-5-21/h7-11,29H,3-6H2,1-2H3,(H,23,28)(H,25,26,27). The molecule has 1 amide bonds. The maximum absolute atomic E-state index is 13.6. The van der Waals surface area contributed by atoms with Crippen LogP contribution in [0.2, 0.25) is 0 Å². The van der Waals surface area contributed by atoms with Gasteiger partial charge in [-0.1, -0.05) is 6.07 Å². The van der Waals surface area contributed by atoms with Crippen LogP contribution in [-0.4, -0.2) is 39.6 Å². The summed E-state index contributed by atoms with van der Waals surface area (Å²) >= 11 is 1.40. The fraction of sp³-hybridized carbons (Fsp3) is 0.333. The van der Waals surface area contributed by atoms with Gasteiger partial charge in [0.15, 0.2) is 0 Å². The number of ether oxygens (including phenoxy) is 1. The highest BCUT2D eigenvalue weighted by Crippen LogP contribution is 2.38. The van der Waals surface area contributed by atoms with Crippen LogP contribution in [-0.2, 0) is 10.4 Å². The molecule has 1 aliphatic rings. The number of carbonyl (C=O) groups excluding carboxylic acids is 1. The van der Waals surface area contributed by atoms with Crippen molar-refractivity contribution in [1.29, 1.82) is 0 Å². The number of aryl methyl sites for hydroxylation is 1. The van der Waals surface area contributed by atoms with Crippen molar-refractivity contribution in [3.63, 3.8) is 0 Å². The molecule has 31 heavy (non-hydrogen) atoms. The first-order valence-corrected chi connectivity index (χ1v) is 10.6. The number of methoxy groups -OCH3 is 1. The van der Waals surface area contributed by atoms with Gasteiger partial charge >= 0.3 is 0 Å². The largest absolute Gasteiger partial charge is 0.479 e. The third-order valence-corrected chi connectivity index (χ3v) is 6.29. The van der Waals surface area contributed by atoms with Crippen LogP contribution < -0.4 is 15.4 Å². The van der Waals surface area contributed by atoms with Crippen LogP contribution in [0, 0.1) is 12.7 Å². The van der Waals surface area contributed by atoms with E-state index in [1.54, 1.807) is 6.20 Å². The molecule has 10 heteroatoms. The summed E-state index contributed by atoms with van der Waals surface area (Å²) in [6.07, 6.45) is 3.82. The lowest BCUT2D eigenvalue weighted by Gasteiger charge is -2.22. The fourth-order valence-electron chi connectivity index (χ4n) is 3.46. The van der Waals surface area contributed by atoms with Crippen LogP contribution >= 0.6 is 11.3 Å². The van der Waals surface area contributed by atoms with Gasteiger partial charge in [0, 0.05) is 31.3 Å². The number of hydrogen-bond acceptors (Lipinski definition) is 8. The molecule has 162 valence electrons. The third-order valence-electron chi connectivity index (χ3n) is 5.05.